The van der Waals surface area contributed by atoms with Crippen molar-refractivity contribution in [1.82, 2.24) is 0 Å². The fourth-order valence-corrected chi connectivity index (χ4v) is 5.19. The molecule has 296 valence electrons. The van der Waals surface area contributed by atoms with Crippen molar-refractivity contribution in [3.05, 3.63) is 24.3 Å². The molecular formula is C40H71NO10. The maximum atomic E-state index is 11.9. The Hall–Kier alpha value is -2.28. The maximum absolute atomic E-state index is 11.9. The van der Waals surface area contributed by atoms with E-state index in [1.165, 1.54) is 90.4 Å². The molecule has 0 aliphatic rings. The fraction of sp³-hybridized carbons (Fsp3) is 0.800. The van der Waals surface area contributed by atoms with Crippen LogP contribution in [0.15, 0.2) is 24.3 Å². The Balaban J connectivity index is 1.69. The van der Waals surface area contributed by atoms with Crippen LogP contribution in [0, 0.1) is 0 Å². The molecule has 1 aromatic carbocycles. The van der Waals surface area contributed by atoms with Crippen LogP contribution in [0.2, 0.25) is 0 Å². The lowest BCUT2D eigenvalue weighted by atomic mass is 10.0. The van der Waals surface area contributed by atoms with Gasteiger partial charge in [0.25, 0.3) is 0 Å². The smallest absolute Gasteiger partial charge is 0.305 e. The van der Waals surface area contributed by atoms with E-state index < -0.39 is 0 Å². The largest absolute Gasteiger partial charge is 0.491 e. The first-order valence-electron chi connectivity index (χ1n) is 19.7. The minimum Gasteiger partial charge on any atom is -0.491 e. The first-order valence-corrected chi connectivity index (χ1v) is 19.7. The van der Waals surface area contributed by atoms with Crippen molar-refractivity contribution in [2.75, 3.05) is 97.8 Å². The Morgan fingerprint density at radius 2 is 0.824 bits per heavy atom. The number of ether oxygens (including phenoxy) is 8. The summed E-state index contributed by atoms with van der Waals surface area (Å²) in [4.78, 5) is 22.9. The highest BCUT2D eigenvalue weighted by atomic mass is 16.6. The van der Waals surface area contributed by atoms with E-state index in [1.807, 2.05) is 0 Å². The van der Waals surface area contributed by atoms with Gasteiger partial charge in [0.05, 0.1) is 79.3 Å². The molecule has 51 heavy (non-hydrogen) atoms. The molecule has 11 heteroatoms. The quantitative estimate of drug-likeness (QED) is 0.0529. The summed E-state index contributed by atoms with van der Waals surface area (Å²) < 4.78 is 43.8. The van der Waals surface area contributed by atoms with Gasteiger partial charge in [0, 0.05) is 19.0 Å². The molecule has 1 aromatic rings. The number of anilines is 1. The molecule has 0 aliphatic heterocycles. The normalized spacial score (nSPS) is 11.2. The molecule has 0 radical (unpaired) electrons. The molecule has 0 saturated heterocycles. The van der Waals surface area contributed by atoms with Crippen molar-refractivity contribution in [3.63, 3.8) is 0 Å². The third-order valence-electron chi connectivity index (χ3n) is 8.01. The number of benzene rings is 1. The van der Waals surface area contributed by atoms with E-state index in [2.05, 4.69) is 12.2 Å². The third-order valence-corrected chi connectivity index (χ3v) is 8.01. The van der Waals surface area contributed by atoms with Crippen molar-refractivity contribution in [2.45, 2.75) is 117 Å². The predicted octanol–water partition coefficient (Wildman–Crippen LogP) is 7.93. The summed E-state index contributed by atoms with van der Waals surface area (Å²) in [5, 5.41) is 2.71. The lowest BCUT2D eigenvalue weighted by Gasteiger charge is -2.09. The van der Waals surface area contributed by atoms with Gasteiger partial charge in [-0.1, -0.05) is 96.8 Å². The molecule has 0 spiro atoms. The highest BCUT2D eigenvalue weighted by Gasteiger charge is 2.03. The van der Waals surface area contributed by atoms with Crippen LogP contribution >= 0.6 is 0 Å². The van der Waals surface area contributed by atoms with E-state index in [9.17, 15) is 9.59 Å². The molecule has 1 rings (SSSR count). The van der Waals surface area contributed by atoms with Crippen LogP contribution < -0.4 is 10.1 Å². The molecule has 0 saturated carbocycles. The van der Waals surface area contributed by atoms with Gasteiger partial charge in [0.2, 0.25) is 5.91 Å². The van der Waals surface area contributed by atoms with E-state index in [-0.39, 0.29) is 18.5 Å². The van der Waals surface area contributed by atoms with Gasteiger partial charge in [-0.05, 0) is 30.7 Å². The summed E-state index contributed by atoms with van der Waals surface area (Å²) in [6, 6.07) is 7.18. The molecule has 11 nitrogen and oxygen atoms in total. The van der Waals surface area contributed by atoms with Crippen LogP contribution in [0.5, 0.6) is 5.75 Å². The average molecular weight is 726 g/mol. The van der Waals surface area contributed by atoms with Crippen molar-refractivity contribution in [1.29, 1.82) is 0 Å². The van der Waals surface area contributed by atoms with Crippen molar-refractivity contribution < 1.29 is 47.5 Å². The van der Waals surface area contributed by atoms with Crippen LogP contribution in [0.4, 0.5) is 5.69 Å². The first-order chi connectivity index (χ1) is 25.1. The second kappa shape index (κ2) is 37.5. The Labute approximate surface area is 309 Å². The number of unbranched alkanes of at least 4 members (excludes halogenated alkanes) is 14. The number of rotatable bonds is 39. The van der Waals surface area contributed by atoms with Gasteiger partial charge in [0.1, 0.15) is 19.0 Å². The zero-order valence-corrected chi connectivity index (χ0v) is 32.1. The first kappa shape index (κ1) is 46.7. The van der Waals surface area contributed by atoms with E-state index >= 15 is 0 Å². The number of hydrogen-bond acceptors (Lipinski definition) is 10. The van der Waals surface area contributed by atoms with E-state index in [4.69, 9.17) is 37.9 Å². The molecule has 0 aliphatic carbocycles. The molecule has 1 N–H and O–H groups in total. The van der Waals surface area contributed by atoms with Gasteiger partial charge in [-0.25, -0.2) is 0 Å². The summed E-state index contributed by atoms with van der Waals surface area (Å²) in [6.07, 6.45) is 20.2. The number of esters is 1. The highest BCUT2D eigenvalue weighted by Crippen LogP contribution is 2.16. The van der Waals surface area contributed by atoms with Gasteiger partial charge >= 0.3 is 5.97 Å². The lowest BCUT2D eigenvalue weighted by Crippen LogP contribution is -2.15. The molecule has 0 atom stereocenters. The van der Waals surface area contributed by atoms with Crippen LogP contribution in [0.3, 0.4) is 0 Å². The van der Waals surface area contributed by atoms with Gasteiger partial charge in [-0.2, -0.15) is 0 Å². The SMILES string of the molecule is CCCCCCCCCCCCCCCCCC(=O)OCCOCCOCCOCCOCCOCCOCCOc1ccc(NC(C)=O)cc1. The van der Waals surface area contributed by atoms with Crippen LogP contribution in [0.1, 0.15) is 117 Å². The van der Waals surface area contributed by atoms with Gasteiger partial charge in [0.15, 0.2) is 0 Å². The van der Waals surface area contributed by atoms with Crippen molar-refractivity contribution in [3.8, 4) is 5.75 Å². The fourth-order valence-electron chi connectivity index (χ4n) is 5.19. The molecule has 0 fully saturated rings. The van der Waals surface area contributed by atoms with Gasteiger partial charge in [-0.3, -0.25) is 9.59 Å². The minimum absolute atomic E-state index is 0.107. The molecule has 0 heterocycles. The minimum atomic E-state index is -0.132. The van der Waals surface area contributed by atoms with Crippen LogP contribution in [-0.2, 0) is 42.7 Å². The maximum Gasteiger partial charge on any atom is 0.305 e. The second-order valence-corrected chi connectivity index (χ2v) is 12.6. The Bertz CT molecular complexity index is 902. The summed E-state index contributed by atoms with van der Waals surface area (Å²) in [5.74, 6) is 0.478. The van der Waals surface area contributed by atoms with Gasteiger partial charge in [-0.15, -0.1) is 0 Å². The molecule has 0 bridgehead atoms. The van der Waals surface area contributed by atoms with Crippen LogP contribution in [0.25, 0.3) is 0 Å². The molecule has 1 amide bonds. The van der Waals surface area contributed by atoms with Crippen molar-refractivity contribution in [2.24, 2.45) is 0 Å². The zero-order chi connectivity index (χ0) is 36.7. The summed E-state index contributed by atoms with van der Waals surface area (Å²) in [5.41, 5.74) is 0.733. The predicted molar refractivity (Wildman–Crippen MR) is 202 cm³/mol. The summed E-state index contributed by atoms with van der Waals surface area (Å²) in [7, 11) is 0. The number of hydrogen-bond donors (Lipinski definition) is 1. The van der Waals surface area contributed by atoms with E-state index in [1.54, 1.807) is 24.3 Å². The van der Waals surface area contributed by atoms with Crippen LogP contribution in [-0.4, -0.2) is 104 Å². The molecule has 0 aromatic heterocycles. The van der Waals surface area contributed by atoms with Gasteiger partial charge < -0.3 is 43.2 Å². The number of carbonyl (C=O) groups is 2. The van der Waals surface area contributed by atoms with E-state index in [0.717, 1.165) is 24.3 Å². The number of amides is 1. The monoisotopic (exact) mass is 726 g/mol. The standard InChI is InChI=1S/C40H71NO10/c1-3-4-5-6-7-8-9-10-11-12-13-14-15-16-17-18-40(43)51-36-34-49-32-30-47-28-26-45-24-23-44-25-27-46-29-31-48-33-35-50-39-21-19-38(20-22-39)41-37(2)42/h19-22H,3-18,23-36H2,1-2H3,(H,41,42). The topological polar surface area (TPSA) is 120 Å². The third kappa shape index (κ3) is 34.6. The molecular weight excluding hydrogens is 654 g/mol. The average Bonchev–Trinajstić information content (AvgIpc) is 3.12. The highest BCUT2D eigenvalue weighted by molar-refractivity contribution is 5.88. The Kier molecular flexibility index (Phi) is 34.3. The molecule has 0 unspecified atom stereocenters. The zero-order valence-electron chi connectivity index (χ0n) is 32.1. The van der Waals surface area contributed by atoms with E-state index in [0.29, 0.717) is 92.3 Å². The second-order valence-electron chi connectivity index (χ2n) is 12.6. The van der Waals surface area contributed by atoms with Crippen molar-refractivity contribution >= 4 is 17.6 Å². The number of nitrogens with one attached hydrogen (secondary N) is 1. The summed E-state index contributed by atoms with van der Waals surface area (Å²) >= 11 is 0. The lowest BCUT2D eigenvalue weighted by molar-refractivity contribution is -0.145. The summed E-state index contributed by atoms with van der Waals surface area (Å²) in [6.45, 7) is 10.1. The Morgan fingerprint density at radius 1 is 0.471 bits per heavy atom. The number of carbonyl (C=O) groups excluding carboxylic acids is 2. The Morgan fingerprint density at radius 3 is 1.22 bits per heavy atom.